The molecule has 2 fully saturated rings. The van der Waals surface area contributed by atoms with Gasteiger partial charge in [0.1, 0.15) is 37.1 Å². The molecule has 0 aliphatic carbocycles. The molecule has 0 aromatic rings. The molecular weight excluding hydrogens is 1000 g/mol. The van der Waals surface area contributed by atoms with E-state index in [1.165, 1.54) is 0 Å². The van der Waals surface area contributed by atoms with Gasteiger partial charge in [0.25, 0.3) is 0 Å². The van der Waals surface area contributed by atoms with E-state index < -0.39 is 158 Å². The van der Waals surface area contributed by atoms with Crippen molar-refractivity contribution < 1.29 is 203 Å². The summed E-state index contributed by atoms with van der Waals surface area (Å²) in [5.74, 6) is -4.16. The standard InChI is InChI=1S/C12H22O35S8.K/c13-48(14,15)37-1-4-6(43-51(22,23)24)8(45-53(28,29)30)9(46-54(31,32)33)11(40-4)42-12(3-39-50(19,20)21)10(47-55(34,35)36)7(44-52(25,26)27)5(41-12)2-38-49(16,17)18;/h4-11H,1-3H2,(H,13,14,15)(H,16,17,18)(H,19,20,21)(H,22,23,24)(H,25,26,27)(H,28,29,30)(H,31,32,33)(H,34,35,36);/q;+1/p-1/t4-,5-,6-,7-,8+,9-,10+,11-,12+;/m1./s1. The molecular formula is C12H21KO35S8. The van der Waals surface area contributed by atoms with Crippen LogP contribution in [0.4, 0.5) is 0 Å². The molecule has 7 N–H and O–H groups in total. The Balaban J connectivity index is 0.0000157. The van der Waals surface area contributed by atoms with Gasteiger partial charge in [-0.15, -0.1) is 0 Å². The van der Waals surface area contributed by atoms with Gasteiger partial charge in [-0.05, 0) is 0 Å². The predicted molar refractivity (Wildman–Crippen MR) is 150 cm³/mol. The minimum Gasteiger partial charge on any atom is -0.726 e. The van der Waals surface area contributed by atoms with Gasteiger partial charge in [0, 0.05) is 0 Å². The Morgan fingerprint density at radius 1 is 0.482 bits per heavy atom. The summed E-state index contributed by atoms with van der Waals surface area (Å²) in [7, 11) is -48.6. The number of hydrogen-bond acceptors (Lipinski definition) is 28. The van der Waals surface area contributed by atoms with Crippen molar-refractivity contribution in [2.45, 2.75) is 54.8 Å². The van der Waals surface area contributed by atoms with Crippen LogP contribution in [0.25, 0.3) is 0 Å². The van der Waals surface area contributed by atoms with E-state index in [2.05, 4.69) is 33.5 Å². The first-order valence-electron chi connectivity index (χ1n) is 12.3. The second-order valence-corrected chi connectivity index (χ2v) is 18.1. The molecule has 2 saturated heterocycles. The van der Waals surface area contributed by atoms with Crippen molar-refractivity contribution >= 4 is 83.2 Å². The van der Waals surface area contributed by atoms with Crippen LogP contribution < -0.4 is 51.4 Å². The number of ether oxygens (including phenoxy) is 3. The second-order valence-electron chi connectivity index (χ2n) is 9.62. The summed E-state index contributed by atoms with van der Waals surface area (Å²) in [6.07, 6.45) is -26.2. The first-order chi connectivity index (χ1) is 24.2. The molecule has 328 valence electrons. The zero-order valence-electron chi connectivity index (χ0n) is 26.1. The molecule has 0 aromatic carbocycles. The largest absolute Gasteiger partial charge is 1.00 e. The van der Waals surface area contributed by atoms with E-state index in [-0.39, 0.29) is 51.4 Å². The van der Waals surface area contributed by atoms with E-state index in [0.717, 1.165) is 0 Å². The average Bonchev–Trinajstić information content (AvgIpc) is 3.15. The van der Waals surface area contributed by atoms with Gasteiger partial charge in [0.2, 0.25) is 16.2 Å². The minimum absolute atomic E-state index is 0. The maximum absolute atomic E-state index is 11.9. The van der Waals surface area contributed by atoms with Crippen molar-refractivity contribution in [1.29, 1.82) is 0 Å². The van der Waals surface area contributed by atoms with E-state index in [4.69, 9.17) is 23.3 Å². The Bertz CT molecular complexity index is 2280. The van der Waals surface area contributed by atoms with Crippen molar-refractivity contribution in [2.24, 2.45) is 0 Å². The molecule has 35 nitrogen and oxygen atoms in total. The molecule has 9 atom stereocenters. The van der Waals surface area contributed by atoms with Crippen LogP contribution in [0.3, 0.4) is 0 Å². The van der Waals surface area contributed by atoms with Crippen LogP contribution in [-0.4, -0.2) is 178 Å². The summed E-state index contributed by atoms with van der Waals surface area (Å²) in [5.41, 5.74) is 0. The van der Waals surface area contributed by atoms with Crippen LogP contribution in [0.2, 0.25) is 0 Å². The number of rotatable bonds is 21. The normalized spacial score (nSPS) is 30.1. The molecule has 2 aliphatic rings. The average molecular weight is 1020 g/mol. The van der Waals surface area contributed by atoms with Gasteiger partial charge >= 0.3 is 124 Å². The van der Waals surface area contributed by atoms with Crippen LogP contribution in [-0.2, 0) is 131 Å². The second kappa shape index (κ2) is 19.3. The molecule has 0 aromatic heterocycles. The van der Waals surface area contributed by atoms with Gasteiger partial charge in [-0.2, -0.15) is 58.9 Å². The molecule has 0 bridgehead atoms. The van der Waals surface area contributed by atoms with Crippen molar-refractivity contribution in [1.82, 2.24) is 0 Å². The summed E-state index contributed by atoms with van der Waals surface area (Å²) >= 11 is 0. The zero-order valence-corrected chi connectivity index (χ0v) is 35.7. The third kappa shape index (κ3) is 19.9. The summed E-state index contributed by atoms with van der Waals surface area (Å²) in [5, 5.41) is 0. The smallest absolute Gasteiger partial charge is 0.726 e. The quantitative estimate of drug-likeness (QED) is 0.0319. The van der Waals surface area contributed by atoms with Gasteiger partial charge in [-0.1, -0.05) is 0 Å². The SMILES string of the molecule is O=S(=O)([O-])OC[C@@]1(O[C@H]2O[C@H](COS(=O)(=O)O)[C@@H](OS(=O)(=O)O)[C@H](OS(=O)(=O)O)[C@H]2OS(=O)(=O)O)O[C@H](COS(=O)(=O)O)[C@@H](OS(=O)(=O)O)[C@@H]1OS(=O)(=O)O.[K+]. The van der Waals surface area contributed by atoms with Gasteiger partial charge in [0.05, 0.1) is 13.2 Å². The fourth-order valence-corrected chi connectivity index (χ4v) is 7.68. The molecule has 0 amide bonds. The fourth-order valence-electron chi connectivity index (χ4n) is 4.24. The van der Waals surface area contributed by atoms with E-state index in [1.54, 1.807) is 0 Å². The van der Waals surface area contributed by atoms with E-state index in [0.29, 0.717) is 0 Å². The van der Waals surface area contributed by atoms with Gasteiger partial charge in [-0.3, -0.25) is 36.1 Å². The van der Waals surface area contributed by atoms with Gasteiger partial charge in [-0.25, -0.2) is 37.7 Å². The first-order valence-corrected chi connectivity index (χ1v) is 23.2. The van der Waals surface area contributed by atoms with E-state index in [9.17, 15) is 94.7 Å². The Hall–Kier alpha value is 0.476. The van der Waals surface area contributed by atoms with Crippen molar-refractivity contribution in [3.63, 3.8) is 0 Å². The fraction of sp³-hybridized carbons (Fsp3) is 1.00. The molecule has 56 heavy (non-hydrogen) atoms. The van der Waals surface area contributed by atoms with Crippen LogP contribution in [0.1, 0.15) is 0 Å². The maximum atomic E-state index is 11.9. The minimum atomic E-state index is -6.25. The van der Waals surface area contributed by atoms with E-state index in [1.807, 2.05) is 0 Å². The van der Waals surface area contributed by atoms with Crippen LogP contribution >= 0.6 is 0 Å². The summed E-state index contributed by atoms with van der Waals surface area (Å²) in [6, 6.07) is 0. The van der Waals surface area contributed by atoms with Crippen LogP contribution in [0.5, 0.6) is 0 Å². The monoisotopic (exact) mass is 1020 g/mol. The first kappa shape index (κ1) is 54.5. The Morgan fingerprint density at radius 3 is 1.25 bits per heavy atom. The molecule has 0 spiro atoms. The molecule has 2 rings (SSSR count). The summed E-state index contributed by atoms with van der Waals surface area (Å²) < 4.78 is 308. The zero-order chi connectivity index (χ0) is 43.0. The molecule has 44 heteroatoms. The molecule has 2 aliphatic heterocycles. The Morgan fingerprint density at radius 2 is 0.857 bits per heavy atom. The predicted octanol–water partition coefficient (Wildman–Crippen LogP) is -10.1. The summed E-state index contributed by atoms with van der Waals surface area (Å²) in [4.78, 5) is 0. The maximum Gasteiger partial charge on any atom is 1.00 e. The molecule has 0 radical (unpaired) electrons. The van der Waals surface area contributed by atoms with Crippen molar-refractivity contribution in [3.8, 4) is 0 Å². The van der Waals surface area contributed by atoms with Crippen molar-refractivity contribution in [3.05, 3.63) is 0 Å². The van der Waals surface area contributed by atoms with Crippen molar-refractivity contribution in [2.75, 3.05) is 19.8 Å². The molecule has 0 saturated carbocycles. The third-order valence-electron chi connectivity index (χ3n) is 5.68. The molecule has 2 heterocycles. The Kier molecular flexibility index (Phi) is 18.7. The topological polar surface area (TPSA) is 539 Å². The number of hydrogen-bond donors (Lipinski definition) is 7. The van der Waals surface area contributed by atoms with Gasteiger partial charge in [0.15, 0.2) is 18.5 Å². The van der Waals surface area contributed by atoms with Crippen LogP contribution in [0, 0.1) is 0 Å². The third-order valence-corrected chi connectivity index (χ3v) is 9.27. The van der Waals surface area contributed by atoms with E-state index >= 15 is 0 Å². The molecule has 0 unspecified atom stereocenters. The van der Waals surface area contributed by atoms with Crippen LogP contribution in [0.15, 0.2) is 0 Å². The summed E-state index contributed by atoms with van der Waals surface area (Å²) in [6.45, 7) is -6.34. The van der Waals surface area contributed by atoms with Gasteiger partial charge < -0.3 is 18.8 Å². The Labute approximate surface area is 357 Å².